The lowest BCUT2D eigenvalue weighted by Crippen LogP contribution is -2.44. The summed E-state index contributed by atoms with van der Waals surface area (Å²) in [6, 6.07) is 17.6. The standard InChI is InChI=1S/C27H28N4O4/c1-35-27(33)23(16-18-5-2-6-21(15-18)25(28)29)24-8-4-14-31(24)26(32)20-11-9-19(10-12-20)22-7-3-13-30(34)17-22/h2-3,5-7,9-13,15,17,23-24H,4,8,14,16H2,1H3,(H3,28,29). The molecule has 180 valence electrons. The van der Waals surface area contributed by atoms with Gasteiger partial charge in [-0.3, -0.25) is 15.0 Å². The number of carbonyl (C=O) groups is 2. The minimum absolute atomic E-state index is 0.0387. The van der Waals surface area contributed by atoms with E-state index in [4.69, 9.17) is 15.9 Å². The fraction of sp³-hybridized carbons (Fsp3) is 0.259. The number of ether oxygens (including phenoxy) is 1. The molecule has 1 aliphatic rings. The summed E-state index contributed by atoms with van der Waals surface area (Å²) in [4.78, 5) is 28.0. The fourth-order valence-electron chi connectivity index (χ4n) is 4.71. The van der Waals surface area contributed by atoms with Crippen LogP contribution in [0.1, 0.15) is 34.3 Å². The highest BCUT2D eigenvalue weighted by atomic mass is 16.5. The number of benzene rings is 2. The highest BCUT2D eigenvalue weighted by Gasteiger charge is 2.39. The van der Waals surface area contributed by atoms with E-state index in [-0.39, 0.29) is 23.8 Å². The molecule has 2 aromatic carbocycles. The normalized spacial score (nSPS) is 16.0. The Morgan fingerprint density at radius 1 is 1.14 bits per heavy atom. The molecular formula is C27H28N4O4. The first-order chi connectivity index (χ1) is 16.9. The van der Waals surface area contributed by atoms with Crippen molar-refractivity contribution >= 4 is 17.7 Å². The maximum absolute atomic E-state index is 13.4. The Morgan fingerprint density at radius 2 is 1.91 bits per heavy atom. The molecule has 4 rings (SSSR count). The third kappa shape index (κ3) is 5.32. The van der Waals surface area contributed by atoms with Crippen molar-refractivity contribution in [1.29, 1.82) is 5.41 Å². The number of pyridine rings is 1. The van der Waals surface area contributed by atoms with Gasteiger partial charge in [0.05, 0.1) is 13.0 Å². The molecule has 0 radical (unpaired) electrons. The Morgan fingerprint density at radius 3 is 2.60 bits per heavy atom. The summed E-state index contributed by atoms with van der Waals surface area (Å²) in [5, 5.41) is 19.3. The van der Waals surface area contributed by atoms with Crippen molar-refractivity contribution in [2.24, 2.45) is 11.7 Å². The smallest absolute Gasteiger partial charge is 0.311 e. The molecule has 2 heterocycles. The molecule has 2 atom stereocenters. The molecule has 1 aromatic heterocycles. The number of hydrogen-bond acceptors (Lipinski definition) is 5. The minimum Gasteiger partial charge on any atom is -0.619 e. The molecule has 1 amide bonds. The van der Waals surface area contributed by atoms with Crippen LogP contribution in [0.5, 0.6) is 0 Å². The van der Waals surface area contributed by atoms with E-state index in [9.17, 15) is 14.8 Å². The number of nitrogens with two attached hydrogens (primary N) is 1. The monoisotopic (exact) mass is 472 g/mol. The van der Waals surface area contributed by atoms with Crippen LogP contribution < -0.4 is 10.5 Å². The Balaban J connectivity index is 1.56. The van der Waals surface area contributed by atoms with Crippen LogP contribution in [0.15, 0.2) is 73.1 Å². The zero-order chi connectivity index (χ0) is 24.9. The summed E-state index contributed by atoms with van der Waals surface area (Å²) >= 11 is 0. The fourth-order valence-corrected chi connectivity index (χ4v) is 4.71. The molecular weight excluding hydrogens is 444 g/mol. The van der Waals surface area contributed by atoms with Gasteiger partial charge in [0.15, 0.2) is 12.4 Å². The average molecular weight is 473 g/mol. The van der Waals surface area contributed by atoms with Gasteiger partial charge < -0.3 is 20.6 Å². The number of likely N-dealkylation sites (tertiary alicyclic amines) is 1. The zero-order valence-electron chi connectivity index (χ0n) is 19.5. The van der Waals surface area contributed by atoms with Crippen molar-refractivity contribution < 1.29 is 19.1 Å². The van der Waals surface area contributed by atoms with Gasteiger partial charge >= 0.3 is 5.97 Å². The highest BCUT2D eigenvalue weighted by molar-refractivity contribution is 5.96. The first-order valence-corrected chi connectivity index (χ1v) is 11.5. The number of amidine groups is 1. The topological polar surface area (TPSA) is 123 Å². The van der Waals surface area contributed by atoms with Crippen LogP contribution >= 0.6 is 0 Å². The number of rotatable bonds is 7. The summed E-state index contributed by atoms with van der Waals surface area (Å²) in [6.45, 7) is 0.557. The zero-order valence-corrected chi connectivity index (χ0v) is 19.5. The molecule has 0 bridgehead atoms. The van der Waals surface area contributed by atoms with E-state index in [1.54, 1.807) is 41.3 Å². The maximum Gasteiger partial charge on any atom is 0.311 e. The predicted molar refractivity (Wildman–Crippen MR) is 132 cm³/mol. The lowest BCUT2D eigenvalue weighted by atomic mass is 9.89. The van der Waals surface area contributed by atoms with E-state index in [0.29, 0.717) is 30.5 Å². The van der Waals surface area contributed by atoms with E-state index in [1.807, 2.05) is 24.3 Å². The number of amides is 1. The largest absolute Gasteiger partial charge is 0.619 e. The molecule has 1 fully saturated rings. The van der Waals surface area contributed by atoms with Crippen molar-refractivity contribution in [3.05, 3.63) is 95.0 Å². The van der Waals surface area contributed by atoms with Crippen molar-refractivity contribution in [1.82, 2.24) is 4.90 Å². The molecule has 0 spiro atoms. The molecule has 1 saturated heterocycles. The number of nitrogens with one attached hydrogen (secondary N) is 1. The van der Waals surface area contributed by atoms with Gasteiger partial charge in [-0.25, -0.2) is 0 Å². The Kier molecular flexibility index (Phi) is 7.10. The summed E-state index contributed by atoms with van der Waals surface area (Å²) in [6.07, 6.45) is 4.77. The second kappa shape index (κ2) is 10.4. The van der Waals surface area contributed by atoms with E-state index in [0.717, 1.165) is 27.8 Å². The van der Waals surface area contributed by atoms with Gasteiger partial charge in [0.2, 0.25) is 0 Å². The molecule has 3 N–H and O–H groups in total. The van der Waals surface area contributed by atoms with Gasteiger partial charge in [-0.15, -0.1) is 0 Å². The van der Waals surface area contributed by atoms with Crippen LogP contribution in [-0.4, -0.2) is 42.3 Å². The summed E-state index contributed by atoms with van der Waals surface area (Å²) in [5.41, 5.74) is 9.19. The number of carbonyl (C=O) groups excluding carboxylic acids is 2. The average Bonchev–Trinajstić information content (AvgIpc) is 3.36. The molecule has 3 aromatic rings. The van der Waals surface area contributed by atoms with Crippen molar-refractivity contribution in [3.8, 4) is 11.1 Å². The quantitative estimate of drug-likeness (QED) is 0.180. The number of nitrogens with zero attached hydrogens (tertiary/aromatic N) is 2. The molecule has 8 nitrogen and oxygen atoms in total. The number of aromatic nitrogens is 1. The molecule has 0 aliphatic carbocycles. The Hall–Kier alpha value is -4.20. The van der Waals surface area contributed by atoms with Gasteiger partial charge in [0.1, 0.15) is 5.84 Å². The van der Waals surface area contributed by atoms with Crippen LogP contribution in [0.4, 0.5) is 0 Å². The van der Waals surface area contributed by atoms with Gasteiger partial charge in [0, 0.05) is 35.3 Å². The SMILES string of the molecule is COC(=O)C(Cc1cccc(C(=N)N)c1)C1CCCN1C(=O)c1ccc(-c2ccc[n+]([O-])c2)cc1. The number of esters is 1. The molecule has 8 heteroatoms. The molecule has 0 saturated carbocycles. The Labute approximate surface area is 204 Å². The van der Waals surface area contributed by atoms with E-state index < -0.39 is 5.92 Å². The van der Waals surface area contributed by atoms with E-state index >= 15 is 0 Å². The van der Waals surface area contributed by atoms with Crippen molar-refractivity contribution in [3.63, 3.8) is 0 Å². The number of nitrogen functional groups attached to an aromatic ring is 1. The lowest BCUT2D eigenvalue weighted by Gasteiger charge is -2.30. The van der Waals surface area contributed by atoms with Gasteiger partial charge in [0.25, 0.3) is 5.91 Å². The Bertz CT molecular complexity index is 1240. The molecule has 35 heavy (non-hydrogen) atoms. The third-order valence-electron chi connectivity index (χ3n) is 6.46. The minimum atomic E-state index is -0.537. The lowest BCUT2D eigenvalue weighted by molar-refractivity contribution is -0.604. The van der Waals surface area contributed by atoms with Gasteiger partial charge in [-0.05, 0) is 54.7 Å². The molecule has 2 unspecified atom stereocenters. The first-order valence-electron chi connectivity index (χ1n) is 11.5. The summed E-state index contributed by atoms with van der Waals surface area (Å²) in [7, 11) is 1.36. The van der Waals surface area contributed by atoms with Gasteiger partial charge in [-0.1, -0.05) is 30.3 Å². The summed E-state index contributed by atoms with van der Waals surface area (Å²) < 4.78 is 5.85. The predicted octanol–water partition coefficient (Wildman–Crippen LogP) is 2.91. The van der Waals surface area contributed by atoms with Crippen molar-refractivity contribution in [2.75, 3.05) is 13.7 Å². The van der Waals surface area contributed by atoms with Crippen LogP contribution in [0.3, 0.4) is 0 Å². The van der Waals surface area contributed by atoms with Crippen LogP contribution in [0, 0.1) is 16.5 Å². The van der Waals surface area contributed by atoms with Crippen LogP contribution in [-0.2, 0) is 16.0 Å². The van der Waals surface area contributed by atoms with E-state index in [1.165, 1.54) is 19.5 Å². The second-order valence-corrected chi connectivity index (χ2v) is 8.69. The van der Waals surface area contributed by atoms with Crippen molar-refractivity contribution in [2.45, 2.75) is 25.3 Å². The van der Waals surface area contributed by atoms with E-state index in [2.05, 4.69) is 0 Å². The van der Waals surface area contributed by atoms with Crippen LogP contribution in [0.2, 0.25) is 0 Å². The number of hydrogen-bond donors (Lipinski definition) is 2. The second-order valence-electron chi connectivity index (χ2n) is 8.69. The van der Waals surface area contributed by atoms with Crippen LogP contribution in [0.25, 0.3) is 11.1 Å². The summed E-state index contributed by atoms with van der Waals surface area (Å²) in [5.74, 6) is -1.08. The third-order valence-corrected chi connectivity index (χ3v) is 6.46. The first kappa shape index (κ1) is 23.9. The number of methoxy groups -OCH3 is 1. The van der Waals surface area contributed by atoms with Gasteiger partial charge in [-0.2, -0.15) is 4.73 Å². The highest BCUT2D eigenvalue weighted by Crippen LogP contribution is 2.30. The maximum atomic E-state index is 13.4. The molecule has 1 aliphatic heterocycles.